The summed E-state index contributed by atoms with van der Waals surface area (Å²) in [6, 6.07) is 12.3. The predicted molar refractivity (Wildman–Crippen MR) is 80.5 cm³/mol. The molecule has 0 radical (unpaired) electrons. The molecule has 1 saturated heterocycles. The van der Waals surface area contributed by atoms with E-state index in [1.54, 1.807) is 6.07 Å². The number of anilines is 1. The highest BCUT2D eigenvalue weighted by Crippen LogP contribution is 2.35. The molecule has 104 valence electrons. The van der Waals surface area contributed by atoms with Crippen LogP contribution in [0.2, 0.25) is 5.15 Å². The molecule has 2 atom stereocenters. The Bertz CT molecular complexity index is 656. The highest BCUT2D eigenvalue weighted by molar-refractivity contribution is 6.29. The first-order valence-electron chi connectivity index (χ1n) is 6.73. The number of hydrogen-bond donors (Lipinski definition) is 1. The fourth-order valence-corrected chi connectivity index (χ4v) is 3.16. The van der Waals surface area contributed by atoms with Gasteiger partial charge in [-0.2, -0.15) is 5.10 Å². The third kappa shape index (κ3) is 2.31. The smallest absolute Gasteiger partial charge is 0.287 e. The normalized spacial score (nSPS) is 22.2. The third-order valence-electron chi connectivity index (χ3n) is 4.04. The first kappa shape index (κ1) is 13.2. The molecule has 2 aromatic rings. The first-order valence-corrected chi connectivity index (χ1v) is 7.11. The number of hydrogen-bond acceptors (Lipinski definition) is 3. The second kappa shape index (κ2) is 5.29. The van der Waals surface area contributed by atoms with Crippen LogP contribution in [-0.4, -0.2) is 22.8 Å². The molecule has 0 aliphatic carbocycles. The molecule has 0 spiro atoms. The zero-order chi connectivity index (χ0) is 14.1. The van der Waals surface area contributed by atoms with Crippen molar-refractivity contribution in [1.29, 1.82) is 0 Å². The van der Waals surface area contributed by atoms with Crippen LogP contribution in [0.3, 0.4) is 0 Å². The van der Waals surface area contributed by atoms with Crippen LogP contribution in [0.25, 0.3) is 0 Å². The van der Waals surface area contributed by atoms with E-state index in [1.807, 2.05) is 6.07 Å². The van der Waals surface area contributed by atoms with Gasteiger partial charge in [0.1, 0.15) is 5.69 Å². The van der Waals surface area contributed by atoms with Crippen molar-refractivity contribution in [1.82, 2.24) is 10.2 Å². The minimum absolute atomic E-state index is 0.185. The summed E-state index contributed by atoms with van der Waals surface area (Å²) in [7, 11) is 0. The topological polar surface area (TPSA) is 49.0 Å². The molecule has 4 nitrogen and oxygen atoms in total. The number of aromatic amines is 1. The Morgan fingerprint density at radius 2 is 2.10 bits per heavy atom. The SMILES string of the molecule is CC1C(c2ccccc2)CCN1c1cc(Cl)n[nH]c1=O. The maximum absolute atomic E-state index is 11.9. The summed E-state index contributed by atoms with van der Waals surface area (Å²) in [6.07, 6.45) is 1.03. The van der Waals surface area contributed by atoms with Crippen molar-refractivity contribution in [3.05, 3.63) is 57.5 Å². The number of aromatic nitrogens is 2. The lowest BCUT2D eigenvalue weighted by Gasteiger charge is -2.26. The molecule has 1 aromatic carbocycles. The summed E-state index contributed by atoms with van der Waals surface area (Å²) >= 11 is 5.89. The van der Waals surface area contributed by atoms with Crippen molar-refractivity contribution >= 4 is 17.3 Å². The van der Waals surface area contributed by atoms with Crippen LogP contribution in [-0.2, 0) is 0 Å². The number of nitrogens with zero attached hydrogens (tertiary/aromatic N) is 2. The van der Waals surface area contributed by atoms with Crippen LogP contribution >= 0.6 is 11.6 Å². The van der Waals surface area contributed by atoms with Crippen molar-refractivity contribution in [3.63, 3.8) is 0 Å². The lowest BCUT2D eigenvalue weighted by atomic mass is 9.93. The summed E-state index contributed by atoms with van der Waals surface area (Å²) in [4.78, 5) is 14.0. The second-order valence-corrected chi connectivity index (χ2v) is 5.53. The van der Waals surface area contributed by atoms with Crippen LogP contribution in [0, 0.1) is 0 Å². The molecule has 1 N–H and O–H groups in total. The van der Waals surface area contributed by atoms with E-state index in [4.69, 9.17) is 11.6 Å². The molecule has 1 aliphatic rings. The van der Waals surface area contributed by atoms with Gasteiger partial charge in [0, 0.05) is 24.6 Å². The molecular weight excluding hydrogens is 274 g/mol. The molecule has 3 rings (SSSR count). The molecule has 0 bridgehead atoms. The van der Waals surface area contributed by atoms with E-state index in [1.165, 1.54) is 5.56 Å². The van der Waals surface area contributed by atoms with Gasteiger partial charge >= 0.3 is 0 Å². The fraction of sp³-hybridized carbons (Fsp3) is 0.333. The lowest BCUT2D eigenvalue weighted by Crippen LogP contribution is -2.33. The monoisotopic (exact) mass is 289 g/mol. The molecule has 5 heteroatoms. The van der Waals surface area contributed by atoms with Crippen molar-refractivity contribution in [3.8, 4) is 0 Å². The van der Waals surface area contributed by atoms with Gasteiger partial charge in [-0.05, 0) is 18.9 Å². The first-order chi connectivity index (χ1) is 9.66. The number of halogens is 1. The maximum atomic E-state index is 11.9. The molecule has 1 aromatic heterocycles. The molecule has 1 fully saturated rings. The van der Waals surface area contributed by atoms with E-state index in [9.17, 15) is 4.79 Å². The van der Waals surface area contributed by atoms with E-state index in [2.05, 4.69) is 46.3 Å². The van der Waals surface area contributed by atoms with Crippen LogP contribution < -0.4 is 10.5 Å². The van der Waals surface area contributed by atoms with Gasteiger partial charge in [0.2, 0.25) is 0 Å². The van der Waals surface area contributed by atoms with E-state index < -0.39 is 0 Å². The molecule has 2 heterocycles. The Morgan fingerprint density at radius 3 is 2.85 bits per heavy atom. The van der Waals surface area contributed by atoms with Gasteiger partial charge in [0.05, 0.1) is 0 Å². The Labute approximate surface area is 122 Å². The van der Waals surface area contributed by atoms with E-state index in [-0.39, 0.29) is 11.6 Å². The Kier molecular flexibility index (Phi) is 3.49. The van der Waals surface area contributed by atoms with Gasteiger partial charge in [-0.15, -0.1) is 0 Å². The fourth-order valence-electron chi connectivity index (χ4n) is 3.01. The average molecular weight is 290 g/mol. The van der Waals surface area contributed by atoms with Crippen molar-refractivity contribution in [2.24, 2.45) is 0 Å². The lowest BCUT2D eigenvalue weighted by molar-refractivity contribution is 0.633. The van der Waals surface area contributed by atoms with Crippen molar-refractivity contribution in [2.75, 3.05) is 11.4 Å². The quantitative estimate of drug-likeness (QED) is 0.925. The zero-order valence-corrected chi connectivity index (χ0v) is 12.0. The number of nitrogens with one attached hydrogen (secondary N) is 1. The van der Waals surface area contributed by atoms with Gasteiger partial charge in [-0.3, -0.25) is 4.79 Å². The number of benzene rings is 1. The van der Waals surface area contributed by atoms with Crippen molar-refractivity contribution < 1.29 is 0 Å². The summed E-state index contributed by atoms with van der Waals surface area (Å²) in [5.74, 6) is 0.433. The molecule has 1 aliphatic heterocycles. The summed E-state index contributed by atoms with van der Waals surface area (Å²) < 4.78 is 0. The van der Waals surface area contributed by atoms with Crippen LogP contribution in [0.15, 0.2) is 41.2 Å². The molecule has 2 unspecified atom stereocenters. The highest BCUT2D eigenvalue weighted by Gasteiger charge is 2.33. The summed E-state index contributed by atoms with van der Waals surface area (Å²) in [6.45, 7) is 3.00. The number of rotatable bonds is 2. The minimum atomic E-state index is -0.185. The second-order valence-electron chi connectivity index (χ2n) is 5.14. The van der Waals surface area contributed by atoms with E-state index >= 15 is 0 Å². The maximum Gasteiger partial charge on any atom is 0.287 e. The largest absolute Gasteiger partial charge is 0.364 e. The minimum Gasteiger partial charge on any atom is -0.364 e. The van der Waals surface area contributed by atoms with Crippen LogP contribution in [0.1, 0.15) is 24.8 Å². The standard InChI is InChI=1S/C15H16ClN3O/c1-10-12(11-5-3-2-4-6-11)7-8-19(10)13-9-14(16)17-18-15(13)20/h2-6,9-10,12H,7-8H2,1H3,(H,18,20). The Hall–Kier alpha value is -1.81. The summed E-state index contributed by atoms with van der Waals surface area (Å²) in [5.41, 5.74) is 1.74. The van der Waals surface area contributed by atoms with Gasteiger partial charge < -0.3 is 4.90 Å². The highest BCUT2D eigenvalue weighted by atomic mass is 35.5. The molecule has 20 heavy (non-hydrogen) atoms. The molecule has 0 saturated carbocycles. The molecular formula is C15H16ClN3O. The third-order valence-corrected chi connectivity index (χ3v) is 4.24. The zero-order valence-electron chi connectivity index (χ0n) is 11.2. The average Bonchev–Trinajstić information content (AvgIpc) is 2.84. The van der Waals surface area contributed by atoms with Crippen molar-refractivity contribution in [2.45, 2.75) is 25.3 Å². The van der Waals surface area contributed by atoms with Crippen LogP contribution in [0.5, 0.6) is 0 Å². The number of H-pyrrole nitrogens is 1. The van der Waals surface area contributed by atoms with E-state index in [0.717, 1.165) is 13.0 Å². The summed E-state index contributed by atoms with van der Waals surface area (Å²) in [5, 5.41) is 6.47. The van der Waals surface area contributed by atoms with Gasteiger partial charge in [-0.25, -0.2) is 5.10 Å². The van der Waals surface area contributed by atoms with Crippen LogP contribution in [0.4, 0.5) is 5.69 Å². The van der Waals surface area contributed by atoms with E-state index in [0.29, 0.717) is 16.8 Å². The Morgan fingerprint density at radius 1 is 1.35 bits per heavy atom. The van der Waals surface area contributed by atoms with Gasteiger partial charge in [0.15, 0.2) is 5.15 Å². The molecule has 0 amide bonds. The van der Waals surface area contributed by atoms with Gasteiger partial charge in [-0.1, -0.05) is 41.9 Å². The predicted octanol–water partition coefficient (Wildman–Crippen LogP) is 2.81. The Balaban J connectivity index is 1.91. The van der Waals surface area contributed by atoms with Gasteiger partial charge in [0.25, 0.3) is 5.56 Å².